The Kier molecular flexibility index (Phi) is 6.10. The van der Waals surface area contributed by atoms with E-state index in [4.69, 9.17) is 9.47 Å². The molecule has 2 atom stereocenters. The third-order valence-electron chi connectivity index (χ3n) is 4.02. The number of rotatable bonds is 4. The van der Waals surface area contributed by atoms with Gasteiger partial charge in [-0.3, -0.25) is 4.90 Å². The van der Waals surface area contributed by atoms with E-state index in [0.29, 0.717) is 11.3 Å². The molecular formula is C19H26FNO5. The Morgan fingerprint density at radius 3 is 2.58 bits per heavy atom. The van der Waals surface area contributed by atoms with E-state index in [2.05, 4.69) is 4.74 Å². The molecule has 0 bridgehead atoms. The van der Waals surface area contributed by atoms with E-state index in [0.717, 1.165) is 5.56 Å². The first-order chi connectivity index (χ1) is 12.1. The number of hydrogen-bond acceptors (Lipinski definition) is 5. The zero-order valence-electron chi connectivity index (χ0n) is 15.9. The van der Waals surface area contributed by atoms with E-state index in [1.54, 1.807) is 45.9 Å². The molecule has 0 saturated carbocycles. The van der Waals surface area contributed by atoms with Crippen LogP contribution >= 0.6 is 0 Å². The number of likely N-dealkylation sites (tertiary alicyclic amines) is 1. The minimum Gasteiger partial charge on any atom is -0.491 e. The monoisotopic (exact) mass is 367 g/mol. The predicted octanol–water partition coefficient (Wildman–Crippen LogP) is 3.51. The van der Waals surface area contributed by atoms with Gasteiger partial charge in [0.2, 0.25) is 0 Å². The summed E-state index contributed by atoms with van der Waals surface area (Å²) in [4.78, 5) is 25.2. The van der Waals surface area contributed by atoms with Crippen LogP contribution in [0.25, 0.3) is 0 Å². The molecule has 6 nitrogen and oxygen atoms in total. The number of amides is 1. The first-order valence-electron chi connectivity index (χ1n) is 8.56. The van der Waals surface area contributed by atoms with Crippen molar-refractivity contribution in [2.45, 2.75) is 51.9 Å². The van der Waals surface area contributed by atoms with Gasteiger partial charge < -0.3 is 14.2 Å². The lowest BCUT2D eigenvalue weighted by Gasteiger charge is -2.28. The number of halogens is 1. The van der Waals surface area contributed by atoms with Crippen molar-refractivity contribution in [3.8, 4) is 5.75 Å². The van der Waals surface area contributed by atoms with Crippen LogP contribution < -0.4 is 4.74 Å². The molecule has 0 spiro atoms. The van der Waals surface area contributed by atoms with Crippen LogP contribution in [0.2, 0.25) is 0 Å². The summed E-state index contributed by atoms with van der Waals surface area (Å²) in [5.74, 6) is 0.149. The Morgan fingerprint density at radius 1 is 1.31 bits per heavy atom. The zero-order chi connectivity index (χ0) is 19.5. The number of ether oxygens (including phenoxy) is 3. The average Bonchev–Trinajstić information content (AvgIpc) is 2.92. The highest BCUT2D eigenvalue weighted by Gasteiger charge is 2.38. The number of alkyl halides is 1. The van der Waals surface area contributed by atoms with Gasteiger partial charge in [-0.25, -0.2) is 14.0 Å². The number of methoxy groups -OCH3 is 1. The van der Waals surface area contributed by atoms with Crippen LogP contribution in [0.5, 0.6) is 5.75 Å². The van der Waals surface area contributed by atoms with Crippen molar-refractivity contribution < 1.29 is 28.2 Å². The Hall–Kier alpha value is -2.31. The summed E-state index contributed by atoms with van der Waals surface area (Å²) in [5, 5.41) is 0. The van der Waals surface area contributed by atoms with E-state index in [-0.39, 0.29) is 19.6 Å². The molecule has 1 aromatic rings. The van der Waals surface area contributed by atoms with Crippen molar-refractivity contribution in [3.63, 3.8) is 0 Å². The summed E-state index contributed by atoms with van der Waals surface area (Å²) in [7, 11) is 1.32. The Morgan fingerprint density at radius 2 is 2.00 bits per heavy atom. The van der Waals surface area contributed by atoms with Gasteiger partial charge in [0.1, 0.15) is 24.1 Å². The topological polar surface area (TPSA) is 65.1 Å². The summed E-state index contributed by atoms with van der Waals surface area (Å²) >= 11 is 0. The number of carbonyl (C=O) groups excluding carboxylic acids is 2. The molecule has 0 unspecified atom stereocenters. The van der Waals surface area contributed by atoms with Crippen LogP contribution in [0.4, 0.5) is 9.18 Å². The van der Waals surface area contributed by atoms with E-state index in [1.165, 1.54) is 12.0 Å². The van der Waals surface area contributed by atoms with Crippen LogP contribution in [0.15, 0.2) is 18.2 Å². The fourth-order valence-corrected chi connectivity index (χ4v) is 2.80. The zero-order valence-corrected chi connectivity index (χ0v) is 15.9. The molecule has 7 heteroatoms. The predicted molar refractivity (Wildman–Crippen MR) is 94.3 cm³/mol. The van der Waals surface area contributed by atoms with Crippen molar-refractivity contribution in [2.75, 3.05) is 20.3 Å². The lowest BCUT2D eigenvalue weighted by Crippen LogP contribution is -2.42. The normalized spacial score (nSPS) is 20.0. The molecule has 0 radical (unpaired) electrons. The second kappa shape index (κ2) is 7.93. The van der Waals surface area contributed by atoms with Gasteiger partial charge in [-0.1, -0.05) is 0 Å². The van der Waals surface area contributed by atoms with E-state index in [1.807, 2.05) is 0 Å². The fourth-order valence-electron chi connectivity index (χ4n) is 2.80. The number of carbonyl (C=O) groups is 2. The molecule has 144 valence electrons. The van der Waals surface area contributed by atoms with Crippen molar-refractivity contribution in [1.29, 1.82) is 0 Å². The summed E-state index contributed by atoms with van der Waals surface area (Å²) in [5.41, 5.74) is 0.543. The Bertz CT molecular complexity index is 670. The quantitative estimate of drug-likeness (QED) is 0.762. The number of nitrogens with zero attached hydrogens (tertiary/aromatic N) is 1. The second-order valence-electron chi connectivity index (χ2n) is 7.40. The lowest BCUT2D eigenvalue weighted by atomic mass is 10.1. The third kappa shape index (κ3) is 5.09. The van der Waals surface area contributed by atoms with Gasteiger partial charge in [-0.15, -0.1) is 0 Å². The maximum absolute atomic E-state index is 13.8. The molecule has 1 heterocycles. The Balaban J connectivity index is 2.03. The third-order valence-corrected chi connectivity index (χ3v) is 4.02. The van der Waals surface area contributed by atoms with E-state index in [9.17, 15) is 14.0 Å². The molecule has 0 aliphatic carbocycles. The van der Waals surface area contributed by atoms with Crippen LogP contribution in [0, 0.1) is 6.92 Å². The maximum atomic E-state index is 13.8. The molecule has 1 fully saturated rings. The molecule has 2 rings (SSSR count). The highest BCUT2D eigenvalue weighted by Crippen LogP contribution is 2.26. The molecule has 0 N–H and O–H groups in total. The average molecular weight is 367 g/mol. The summed E-state index contributed by atoms with van der Waals surface area (Å²) in [6.45, 7) is 7.27. The maximum Gasteiger partial charge on any atom is 0.410 e. The van der Waals surface area contributed by atoms with E-state index < -0.39 is 29.9 Å². The SMILES string of the molecule is COC(=O)c1ccc(OC[C@@H]2C[C@H](F)CN2C(=O)OC(C)(C)C)c(C)c1. The molecule has 1 saturated heterocycles. The first-order valence-corrected chi connectivity index (χ1v) is 8.56. The van der Waals surface area contributed by atoms with Crippen molar-refractivity contribution in [1.82, 2.24) is 4.90 Å². The number of hydrogen-bond donors (Lipinski definition) is 0. The molecule has 26 heavy (non-hydrogen) atoms. The van der Waals surface area contributed by atoms with Crippen LogP contribution in [0.1, 0.15) is 43.1 Å². The molecule has 1 aromatic carbocycles. The smallest absolute Gasteiger partial charge is 0.410 e. The van der Waals surface area contributed by atoms with Gasteiger partial charge in [-0.2, -0.15) is 0 Å². The fraction of sp³-hybridized carbons (Fsp3) is 0.579. The number of benzene rings is 1. The molecule has 0 aromatic heterocycles. The second-order valence-corrected chi connectivity index (χ2v) is 7.40. The van der Waals surface area contributed by atoms with Crippen LogP contribution in [-0.2, 0) is 9.47 Å². The molecule has 1 amide bonds. The summed E-state index contributed by atoms with van der Waals surface area (Å²) in [6, 6.07) is 4.53. The van der Waals surface area contributed by atoms with E-state index >= 15 is 0 Å². The summed E-state index contributed by atoms with van der Waals surface area (Å²) in [6.07, 6.45) is -1.43. The van der Waals surface area contributed by atoms with Crippen molar-refractivity contribution in [3.05, 3.63) is 29.3 Å². The summed E-state index contributed by atoms with van der Waals surface area (Å²) < 4.78 is 29.7. The van der Waals surface area contributed by atoms with Gasteiger partial charge in [-0.05, 0) is 51.5 Å². The molecule has 1 aliphatic rings. The Labute approximate surface area is 153 Å². The van der Waals surface area contributed by atoms with Gasteiger partial charge in [0.15, 0.2) is 0 Å². The number of aryl methyl sites for hydroxylation is 1. The van der Waals surface area contributed by atoms with Gasteiger partial charge in [0, 0.05) is 6.42 Å². The minimum absolute atomic E-state index is 0.00318. The highest BCUT2D eigenvalue weighted by atomic mass is 19.1. The first kappa shape index (κ1) is 20.0. The highest BCUT2D eigenvalue weighted by molar-refractivity contribution is 5.89. The van der Waals surface area contributed by atoms with Crippen molar-refractivity contribution in [2.24, 2.45) is 0 Å². The lowest BCUT2D eigenvalue weighted by molar-refractivity contribution is 0.0180. The van der Waals surface area contributed by atoms with Gasteiger partial charge >= 0.3 is 12.1 Å². The van der Waals surface area contributed by atoms with Gasteiger partial charge in [0.05, 0.1) is 25.3 Å². The standard InChI is InChI=1S/C19H26FNO5/c1-12-8-13(17(22)24-5)6-7-16(12)25-11-15-9-14(20)10-21(15)18(23)26-19(2,3)4/h6-8,14-15H,9-11H2,1-5H3/t14-,15-/m0/s1. The molecule has 1 aliphatic heterocycles. The largest absolute Gasteiger partial charge is 0.491 e. The molecular weight excluding hydrogens is 341 g/mol. The van der Waals surface area contributed by atoms with Crippen LogP contribution in [-0.4, -0.2) is 55.0 Å². The minimum atomic E-state index is -1.10. The van der Waals surface area contributed by atoms with Crippen molar-refractivity contribution >= 4 is 12.1 Å². The van der Waals surface area contributed by atoms with Gasteiger partial charge in [0.25, 0.3) is 0 Å². The number of esters is 1. The van der Waals surface area contributed by atoms with Crippen LogP contribution in [0.3, 0.4) is 0 Å².